The number of aromatic amines is 1. The second kappa shape index (κ2) is 7.97. The molecule has 5 heteroatoms. The number of hydrogen-bond donors (Lipinski definition) is 1. The van der Waals surface area contributed by atoms with Gasteiger partial charge in [0.2, 0.25) is 0 Å². The summed E-state index contributed by atoms with van der Waals surface area (Å²) in [7, 11) is 0. The normalized spacial score (nSPS) is 11.7. The maximum Gasteiger partial charge on any atom is 0.196 e. The number of nitrogens with one attached hydrogen (secondary N) is 1. The second-order valence-corrected chi connectivity index (χ2v) is 7.88. The van der Waals surface area contributed by atoms with Crippen LogP contribution < -0.4 is 4.80 Å². The standard InChI is InChI=1S/C25H20N4S/c1-18-16-24(28-27-18)26-25-29(22-10-6-3-7-11-22)23(17-30-25)21-14-12-20(13-15-21)19-8-4-2-5-9-19/h2-17H,1H3,(H,27,28). The number of hydrogen-bond acceptors (Lipinski definition) is 3. The fourth-order valence-corrected chi connectivity index (χ4v) is 4.35. The van der Waals surface area contributed by atoms with Crippen LogP contribution in [0.5, 0.6) is 0 Å². The Morgan fingerprint density at radius 2 is 1.43 bits per heavy atom. The lowest BCUT2D eigenvalue weighted by molar-refractivity contribution is 0.989. The summed E-state index contributed by atoms with van der Waals surface area (Å²) < 4.78 is 2.19. The molecule has 0 radical (unpaired) electrons. The van der Waals surface area contributed by atoms with E-state index in [1.807, 2.05) is 37.3 Å². The summed E-state index contributed by atoms with van der Waals surface area (Å²) in [6.07, 6.45) is 0. The molecule has 0 amide bonds. The van der Waals surface area contributed by atoms with Crippen molar-refractivity contribution in [2.75, 3.05) is 0 Å². The van der Waals surface area contributed by atoms with E-state index in [2.05, 4.69) is 80.8 Å². The molecule has 2 heterocycles. The van der Waals surface area contributed by atoms with Gasteiger partial charge in [-0.15, -0.1) is 11.3 Å². The summed E-state index contributed by atoms with van der Waals surface area (Å²) in [5.74, 6) is 0.685. The van der Waals surface area contributed by atoms with Crippen LogP contribution in [0.2, 0.25) is 0 Å². The lowest BCUT2D eigenvalue weighted by Crippen LogP contribution is -2.13. The molecule has 0 fully saturated rings. The smallest absolute Gasteiger partial charge is 0.196 e. The quantitative estimate of drug-likeness (QED) is 0.382. The Labute approximate surface area is 178 Å². The molecule has 1 N–H and O–H groups in total. The maximum atomic E-state index is 4.79. The number of para-hydroxylation sites is 1. The highest BCUT2D eigenvalue weighted by atomic mass is 32.1. The molecule has 2 aromatic heterocycles. The van der Waals surface area contributed by atoms with Crippen molar-refractivity contribution in [1.29, 1.82) is 0 Å². The van der Waals surface area contributed by atoms with Crippen molar-refractivity contribution in [3.63, 3.8) is 0 Å². The third-order valence-corrected chi connectivity index (χ3v) is 5.74. The Hall–Kier alpha value is -3.70. The topological polar surface area (TPSA) is 46.0 Å². The molecule has 5 rings (SSSR count). The highest BCUT2D eigenvalue weighted by molar-refractivity contribution is 7.07. The average molecular weight is 409 g/mol. The van der Waals surface area contributed by atoms with Crippen molar-refractivity contribution in [2.45, 2.75) is 6.92 Å². The van der Waals surface area contributed by atoms with Gasteiger partial charge >= 0.3 is 0 Å². The van der Waals surface area contributed by atoms with Gasteiger partial charge in [0.1, 0.15) is 0 Å². The monoisotopic (exact) mass is 408 g/mol. The first-order valence-corrected chi connectivity index (χ1v) is 10.6. The maximum absolute atomic E-state index is 4.79. The molecule has 0 aliphatic rings. The lowest BCUT2D eigenvalue weighted by atomic mass is 10.0. The molecular weight excluding hydrogens is 388 g/mol. The predicted octanol–water partition coefficient (Wildman–Crippen LogP) is 6.14. The minimum Gasteiger partial charge on any atom is -0.285 e. The third kappa shape index (κ3) is 3.63. The van der Waals surface area contributed by atoms with Crippen LogP contribution in [-0.4, -0.2) is 14.8 Å². The zero-order valence-corrected chi connectivity index (χ0v) is 17.3. The van der Waals surface area contributed by atoms with Crippen LogP contribution in [0, 0.1) is 6.92 Å². The van der Waals surface area contributed by atoms with Crippen molar-refractivity contribution >= 4 is 17.2 Å². The Kier molecular flexibility index (Phi) is 4.87. The largest absolute Gasteiger partial charge is 0.285 e. The number of rotatable bonds is 4. The first-order valence-electron chi connectivity index (χ1n) is 9.76. The Balaban J connectivity index is 1.63. The lowest BCUT2D eigenvalue weighted by Gasteiger charge is -2.10. The van der Waals surface area contributed by atoms with E-state index in [-0.39, 0.29) is 0 Å². The Bertz CT molecular complexity index is 1330. The molecule has 30 heavy (non-hydrogen) atoms. The number of aromatic nitrogens is 3. The molecule has 0 unspecified atom stereocenters. The molecule has 0 aliphatic carbocycles. The van der Waals surface area contributed by atoms with Crippen LogP contribution in [0.1, 0.15) is 5.69 Å². The molecule has 0 atom stereocenters. The predicted molar refractivity (Wildman–Crippen MR) is 123 cm³/mol. The van der Waals surface area contributed by atoms with Crippen molar-refractivity contribution in [3.8, 4) is 28.1 Å². The van der Waals surface area contributed by atoms with Gasteiger partial charge in [-0.2, -0.15) is 10.1 Å². The number of aryl methyl sites for hydroxylation is 1. The van der Waals surface area contributed by atoms with E-state index in [1.165, 1.54) is 11.1 Å². The van der Waals surface area contributed by atoms with Gasteiger partial charge in [-0.1, -0.05) is 72.8 Å². The van der Waals surface area contributed by atoms with Crippen molar-refractivity contribution in [2.24, 2.45) is 4.99 Å². The zero-order chi connectivity index (χ0) is 20.3. The van der Waals surface area contributed by atoms with Gasteiger partial charge in [0.25, 0.3) is 0 Å². The van der Waals surface area contributed by atoms with Crippen LogP contribution >= 0.6 is 11.3 Å². The number of H-pyrrole nitrogens is 1. The van der Waals surface area contributed by atoms with Crippen molar-refractivity contribution < 1.29 is 0 Å². The Morgan fingerprint density at radius 1 is 0.800 bits per heavy atom. The highest BCUT2D eigenvalue weighted by Crippen LogP contribution is 2.27. The van der Waals surface area contributed by atoms with Crippen molar-refractivity contribution in [3.05, 3.63) is 107 Å². The Morgan fingerprint density at radius 3 is 2.10 bits per heavy atom. The van der Waals surface area contributed by atoms with E-state index >= 15 is 0 Å². The van der Waals surface area contributed by atoms with Crippen LogP contribution in [0.4, 0.5) is 5.82 Å². The van der Waals surface area contributed by atoms with E-state index in [4.69, 9.17) is 4.99 Å². The zero-order valence-electron chi connectivity index (χ0n) is 16.5. The SMILES string of the molecule is Cc1cc(N=c2scc(-c3ccc(-c4ccccc4)cc3)n2-c2ccccc2)n[nH]1. The third-order valence-electron chi connectivity index (χ3n) is 4.91. The van der Waals surface area contributed by atoms with E-state index in [9.17, 15) is 0 Å². The molecule has 0 spiro atoms. The van der Waals surface area contributed by atoms with Crippen LogP contribution in [0.3, 0.4) is 0 Å². The number of thiazole rings is 1. The average Bonchev–Trinajstić information content (AvgIpc) is 3.41. The van der Waals surface area contributed by atoms with Gasteiger partial charge in [-0.05, 0) is 35.7 Å². The van der Waals surface area contributed by atoms with Crippen LogP contribution in [0.15, 0.2) is 101 Å². The van der Waals surface area contributed by atoms with Crippen molar-refractivity contribution in [1.82, 2.24) is 14.8 Å². The number of benzene rings is 3. The fourth-order valence-electron chi connectivity index (χ4n) is 3.44. The van der Waals surface area contributed by atoms with E-state index in [1.54, 1.807) is 11.3 Å². The van der Waals surface area contributed by atoms with E-state index < -0.39 is 0 Å². The molecule has 146 valence electrons. The van der Waals surface area contributed by atoms with Gasteiger partial charge in [0.05, 0.1) is 5.69 Å². The first-order chi connectivity index (χ1) is 14.8. The van der Waals surface area contributed by atoms with E-state index in [0.717, 1.165) is 27.4 Å². The van der Waals surface area contributed by atoms with Gasteiger partial charge < -0.3 is 0 Å². The van der Waals surface area contributed by atoms with Gasteiger partial charge in [-0.25, -0.2) is 0 Å². The van der Waals surface area contributed by atoms with Gasteiger partial charge in [0.15, 0.2) is 10.6 Å². The first kappa shape index (κ1) is 18.3. The molecule has 0 saturated carbocycles. The summed E-state index contributed by atoms with van der Waals surface area (Å²) in [5.41, 5.74) is 6.75. The highest BCUT2D eigenvalue weighted by Gasteiger charge is 2.11. The second-order valence-electron chi connectivity index (χ2n) is 7.04. The summed E-state index contributed by atoms with van der Waals surface area (Å²) >= 11 is 1.61. The summed E-state index contributed by atoms with van der Waals surface area (Å²) in [6.45, 7) is 1.98. The minimum atomic E-state index is 0.685. The molecule has 5 aromatic rings. The van der Waals surface area contributed by atoms with Crippen LogP contribution in [0.25, 0.3) is 28.1 Å². The molecule has 0 saturated heterocycles. The summed E-state index contributed by atoms with van der Waals surface area (Å²) in [6, 6.07) is 31.4. The number of nitrogens with zero attached hydrogens (tertiary/aromatic N) is 3. The van der Waals surface area contributed by atoms with Crippen LogP contribution in [-0.2, 0) is 0 Å². The fraction of sp³-hybridized carbons (Fsp3) is 0.0400. The molecule has 0 aliphatic heterocycles. The molecule has 0 bridgehead atoms. The minimum absolute atomic E-state index is 0.685. The molecular formula is C25H20N4S. The van der Waals surface area contributed by atoms with Gasteiger partial charge in [0, 0.05) is 22.8 Å². The van der Waals surface area contributed by atoms with Gasteiger partial charge in [-0.3, -0.25) is 9.67 Å². The summed E-state index contributed by atoms with van der Waals surface area (Å²) in [5, 5.41) is 9.39. The molecule has 4 nitrogen and oxygen atoms in total. The summed E-state index contributed by atoms with van der Waals surface area (Å²) in [4.78, 5) is 5.67. The van der Waals surface area contributed by atoms with E-state index in [0.29, 0.717) is 5.82 Å². The molecule has 3 aromatic carbocycles.